The summed E-state index contributed by atoms with van der Waals surface area (Å²) in [6, 6.07) is 7.30. The quantitative estimate of drug-likeness (QED) is 0.562. The van der Waals surface area contributed by atoms with Crippen LogP contribution in [-0.2, 0) is 11.2 Å². The molecule has 2 aromatic rings. The topological polar surface area (TPSA) is 65.7 Å². The van der Waals surface area contributed by atoms with Gasteiger partial charge in [-0.1, -0.05) is 18.7 Å². The monoisotopic (exact) mass is 380 g/mol. The zero-order chi connectivity index (χ0) is 20.1. The molecule has 0 unspecified atom stereocenters. The number of carbonyl (C=O) groups excluding carboxylic acids is 1. The van der Waals surface area contributed by atoms with Crippen LogP contribution in [0.5, 0.6) is 11.5 Å². The van der Waals surface area contributed by atoms with E-state index >= 15 is 0 Å². The highest BCUT2D eigenvalue weighted by Crippen LogP contribution is 2.30. The van der Waals surface area contributed by atoms with Gasteiger partial charge in [0.15, 0.2) is 0 Å². The molecule has 1 aromatic heterocycles. The Balaban J connectivity index is 1.64. The average molecular weight is 380 g/mol. The SMILES string of the molecule is C=Cc1ccn(C2CCN(CCc3c(O)cccc3O)CC2)c1/C=C(\C)C=O. The maximum absolute atomic E-state index is 11.1. The standard InChI is InChI=1S/C23H28N2O3/c1-3-18-7-14-25(21(18)15-17(2)16-26)19-8-11-24(12-9-19)13-10-20-22(27)5-4-6-23(20)28/h3-7,14-16,19,27-28H,1,8-13H2,2H3/b17-15+. The second-order valence-electron chi connectivity index (χ2n) is 7.37. The number of phenols is 2. The third-order valence-electron chi connectivity index (χ3n) is 5.51. The second kappa shape index (κ2) is 8.93. The number of aromatic nitrogens is 1. The Kier molecular flexibility index (Phi) is 6.37. The first-order valence-electron chi connectivity index (χ1n) is 9.72. The molecular weight excluding hydrogens is 352 g/mol. The van der Waals surface area contributed by atoms with Gasteiger partial charge in [-0.05, 0) is 61.6 Å². The van der Waals surface area contributed by atoms with Crippen molar-refractivity contribution in [2.24, 2.45) is 0 Å². The second-order valence-corrected chi connectivity index (χ2v) is 7.37. The summed E-state index contributed by atoms with van der Waals surface area (Å²) in [4.78, 5) is 13.4. The number of rotatable bonds is 7. The van der Waals surface area contributed by atoms with E-state index in [0.717, 1.165) is 50.0 Å². The summed E-state index contributed by atoms with van der Waals surface area (Å²) in [7, 11) is 0. The zero-order valence-electron chi connectivity index (χ0n) is 16.3. The predicted molar refractivity (Wildman–Crippen MR) is 112 cm³/mol. The molecule has 1 saturated heterocycles. The van der Waals surface area contributed by atoms with E-state index in [0.29, 0.717) is 23.6 Å². The third kappa shape index (κ3) is 4.37. The molecule has 0 spiro atoms. The van der Waals surface area contributed by atoms with Crippen molar-refractivity contribution in [3.8, 4) is 11.5 Å². The van der Waals surface area contributed by atoms with E-state index < -0.39 is 0 Å². The molecule has 1 fully saturated rings. The summed E-state index contributed by atoms with van der Waals surface area (Å²) >= 11 is 0. The normalized spacial score (nSPS) is 16.2. The van der Waals surface area contributed by atoms with Crippen molar-refractivity contribution in [3.05, 3.63) is 59.4 Å². The molecule has 0 amide bonds. The molecule has 0 saturated carbocycles. The van der Waals surface area contributed by atoms with Crippen LogP contribution >= 0.6 is 0 Å². The summed E-state index contributed by atoms with van der Waals surface area (Å²) in [5.74, 6) is 0.308. The van der Waals surface area contributed by atoms with Crippen molar-refractivity contribution < 1.29 is 15.0 Å². The lowest BCUT2D eigenvalue weighted by atomic mass is 10.0. The van der Waals surface area contributed by atoms with E-state index in [9.17, 15) is 15.0 Å². The van der Waals surface area contributed by atoms with Crippen LogP contribution in [0.15, 0.2) is 42.6 Å². The number of carbonyl (C=O) groups is 1. The molecule has 1 aliphatic heterocycles. The van der Waals surface area contributed by atoms with Gasteiger partial charge < -0.3 is 19.7 Å². The van der Waals surface area contributed by atoms with Gasteiger partial charge in [0, 0.05) is 43.1 Å². The Labute approximate surface area is 166 Å². The first-order chi connectivity index (χ1) is 13.5. The largest absolute Gasteiger partial charge is 0.508 e. The van der Waals surface area contributed by atoms with E-state index in [1.165, 1.54) is 0 Å². The molecule has 148 valence electrons. The minimum atomic E-state index is 0.154. The van der Waals surface area contributed by atoms with E-state index in [-0.39, 0.29) is 11.5 Å². The van der Waals surface area contributed by atoms with Gasteiger partial charge in [-0.25, -0.2) is 0 Å². The average Bonchev–Trinajstić information content (AvgIpc) is 3.10. The van der Waals surface area contributed by atoms with Crippen molar-refractivity contribution in [1.29, 1.82) is 0 Å². The smallest absolute Gasteiger partial charge is 0.145 e. The van der Waals surface area contributed by atoms with Crippen LogP contribution in [-0.4, -0.2) is 45.6 Å². The molecule has 2 N–H and O–H groups in total. The highest BCUT2D eigenvalue weighted by atomic mass is 16.3. The zero-order valence-corrected chi connectivity index (χ0v) is 16.3. The lowest BCUT2D eigenvalue weighted by Gasteiger charge is -2.33. The lowest BCUT2D eigenvalue weighted by molar-refractivity contribution is -0.104. The Morgan fingerprint density at radius 3 is 2.50 bits per heavy atom. The Bertz CT molecular complexity index is 854. The van der Waals surface area contributed by atoms with E-state index in [1.807, 2.05) is 25.1 Å². The molecule has 0 bridgehead atoms. The summed E-state index contributed by atoms with van der Waals surface area (Å²) < 4.78 is 2.26. The summed E-state index contributed by atoms with van der Waals surface area (Å²) in [6.45, 7) is 8.41. The number of phenolic OH excluding ortho intramolecular Hbond substituents is 2. The van der Waals surface area contributed by atoms with Crippen LogP contribution < -0.4 is 0 Å². The van der Waals surface area contributed by atoms with Crippen LogP contribution in [0.4, 0.5) is 0 Å². The molecule has 1 aliphatic rings. The van der Waals surface area contributed by atoms with Crippen LogP contribution in [0.25, 0.3) is 12.2 Å². The predicted octanol–water partition coefficient (Wildman–Crippen LogP) is 4.02. The summed E-state index contributed by atoms with van der Waals surface area (Å²) in [5, 5.41) is 19.9. The van der Waals surface area contributed by atoms with Gasteiger partial charge in [0.2, 0.25) is 0 Å². The van der Waals surface area contributed by atoms with Gasteiger partial charge in [-0.2, -0.15) is 0 Å². The number of likely N-dealkylation sites (tertiary alicyclic amines) is 1. The van der Waals surface area contributed by atoms with Crippen molar-refractivity contribution in [3.63, 3.8) is 0 Å². The summed E-state index contributed by atoms with van der Waals surface area (Å²) in [6.07, 6.45) is 9.37. The third-order valence-corrected chi connectivity index (χ3v) is 5.51. The fourth-order valence-corrected chi connectivity index (χ4v) is 3.88. The number of aldehydes is 1. The number of hydrogen-bond acceptors (Lipinski definition) is 4. The minimum absolute atomic E-state index is 0.154. The molecule has 0 aliphatic carbocycles. The van der Waals surface area contributed by atoms with Gasteiger partial charge in [0.1, 0.15) is 17.8 Å². The number of hydrogen-bond donors (Lipinski definition) is 2. The molecular formula is C23H28N2O3. The van der Waals surface area contributed by atoms with Crippen LogP contribution in [0, 0.1) is 0 Å². The molecule has 5 nitrogen and oxygen atoms in total. The molecule has 28 heavy (non-hydrogen) atoms. The Morgan fingerprint density at radius 2 is 1.89 bits per heavy atom. The molecule has 1 aromatic carbocycles. The van der Waals surface area contributed by atoms with Gasteiger partial charge in [0.05, 0.1) is 0 Å². The first kappa shape index (κ1) is 20.0. The lowest BCUT2D eigenvalue weighted by Crippen LogP contribution is -2.36. The van der Waals surface area contributed by atoms with Crippen molar-refractivity contribution in [2.45, 2.75) is 32.2 Å². The van der Waals surface area contributed by atoms with Gasteiger partial charge in [-0.15, -0.1) is 0 Å². The van der Waals surface area contributed by atoms with E-state index in [2.05, 4.69) is 22.2 Å². The highest BCUT2D eigenvalue weighted by Gasteiger charge is 2.22. The van der Waals surface area contributed by atoms with Crippen molar-refractivity contribution in [2.75, 3.05) is 19.6 Å². The maximum Gasteiger partial charge on any atom is 0.145 e. The fraction of sp³-hybridized carbons (Fsp3) is 0.348. The van der Waals surface area contributed by atoms with Crippen molar-refractivity contribution in [1.82, 2.24) is 9.47 Å². The molecule has 0 radical (unpaired) electrons. The molecule has 3 rings (SSSR count). The molecule has 2 heterocycles. The van der Waals surface area contributed by atoms with E-state index in [4.69, 9.17) is 0 Å². The Morgan fingerprint density at radius 1 is 1.21 bits per heavy atom. The van der Waals surface area contributed by atoms with E-state index in [1.54, 1.807) is 18.2 Å². The number of aromatic hydroxyl groups is 2. The van der Waals surface area contributed by atoms with Crippen molar-refractivity contribution >= 4 is 18.4 Å². The number of benzene rings is 1. The maximum atomic E-state index is 11.1. The first-order valence-corrected chi connectivity index (χ1v) is 9.72. The fourth-order valence-electron chi connectivity index (χ4n) is 3.88. The van der Waals surface area contributed by atoms with Crippen LogP contribution in [0.3, 0.4) is 0 Å². The molecule has 0 atom stereocenters. The van der Waals surface area contributed by atoms with Gasteiger partial charge in [-0.3, -0.25) is 4.79 Å². The molecule has 5 heteroatoms. The number of allylic oxidation sites excluding steroid dienone is 1. The number of piperidine rings is 1. The Hall–Kier alpha value is -2.79. The van der Waals surface area contributed by atoms with Crippen LogP contribution in [0.2, 0.25) is 0 Å². The van der Waals surface area contributed by atoms with Gasteiger partial charge >= 0.3 is 0 Å². The van der Waals surface area contributed by atoms with Gasteiger partial charge in [0.25, 0.3) is 0 Å². The summed E-state index contributed by atoms with van der Waals surface area (Å²) in [5.41, 5.74) is 3.39. The van der Waals surface area contributed by atoms with Crippen LogP contribution in [0.1, 0.15) is 42.6 Å². The highest BCUT2D eigenvalue weighted by molar-refractivity contribution is 5.82. The number of nitrogens with zero attached hydrogens (tertiary/aromatic N) is 2. The minimum Gasteiger partial charge on any atom is -0.508 e.